The number of oxime groups is 1. The van der Waals surface area contributed by atoms with E-state index in [-0.39, 0.29) is 18.5 Å². The van der Waals surface area contributed by atoms with E-state index in [9.17, 15) is 22.8 Å². The smallest absolute Gasteiger partial charge is 0.416 e. The number of rotatable bonds is 2. The Morgan fingerprint density at radius 2 is 1.74 bits per heavy atom. The zero-order valence-corrected chi connectivity index (χ0v) is 15.9. The SMILES string of the molecule is O=C1CC2(CC(c3ccc4c(c3)OCCO4)=NO2)C(=O)N1c1cccc(C(F)(F)F)c1. The molecule has 1 atom stereocenters. The van der Waals surface area contributed by atoms with Gasteiger partial charge < -0.3 is 14.3 Å². The van der Waals surface area contributed by atoms with Crippen LogP contribution < -0.4 is 14.4 Å². The molecule has 0 radical (unpaired) electrons. The van der Waals surface area contributed by atoms with Crippen LogP contribution in [0, 0.1) is 0 Å². The minimum Gasteiger partial charge on any atom is -0.486 e. The van der Waals surface area contributed by atoms with Crippen molar-refractivity contribution in [3.63, 3.8) is 0 Å². The van der Waals surface area contributed by atoms with E-state index in [0.29, 0.717) is 36.0 Å². The molecule has 3 aliphatic rings. The number of hydrogen-bond acceptors (Lipinski definition) is 6. The summed E-state index contributed by atoms with van der Waals surface area (Å²) in [5.74, 6) is -0.269. The van der Waals surface area contributed by atoms with E-state index in [1.807, 2.05) is 0 Å². The molecular weight excluding hydrogens is 417 g/mol. The molecule has 0 bridgehead atoms. The van der Waals surface area contributed by atoms with E-state index < -0.39 is 29.2 Å². The lowest BCUT2D eigenvalue weighted by Crippen LogP contribution is -2.41. The molecule has 2 aromatic carbocycles. The van der Waals surface area contributed by atoms with Gasteiger partial charge in [-0.25, -0.2) is 4.90 Å². The van der Waals surface area contributed by atoms with E-state index in [1.165, 1.54) is 6.07 Å². The van der Waals surface area contributed by atoms with Gasteiger partial charge in [-0.2, -0.15) is 13.2 Å². The molecular formula is C21H15F3N2O5. The molecule has 31 heavy (non-hydrogen) atoms. The molecule has 7 nitrogen and oxygen atoms in total. The van der Waals surface area contributed by atoms with Gasteiger partial charge in [-0.1, -0.05) is 11.2 Å². The first-order chi connectivity index (χ1) is 14.8. The number of fused-ring (bicyclic) bond motifs is 1. The molecule has 0 saturated carbocycles. The summed E-state index contributed by atoms with van der Waals surface area (Å²) in [6, 6.07) is 9.24. The van der Waals surface area contributed by atoms with Gasteiger partial charge in [0.25, 0.3) is 5.91 Å². The third-order valence-electron chi connectivity index (χ3n) is 5.37. The average molecular weight is 432 g/mol. The van der Waals surface area contributed by atoms with Gasteiger partial charge in [0.05, 0.1) is 23.4 Å². The predicted octanol–water partition coefficient (Wildman–Crippen LogP) is 3.30. The van der Waals surface area contributed by atoms with Gasteiger partial charge in [-0.3, -0.25) is 9.59 Å². The summed E-state index contributed by atoms with van der Waals surface area (Å²) in [6.07, 6.45) is -4.91. The van der Waals surface area contributed by atoms with Crippen molar-refractivity contribution in [1.29, 1.82) is 0 Å². The topological polar surface area (TPSA) is 77.4 Å². The molecule has 3 aliphatic heterocycles. The van der Waals surface area contributed by atoms with Gasteiger partial charge in [-0.15, -0.1) is 0 Å². The van der Waals surface area contributed by atoms with Crippen LogP contribution in [0.1, 0.15) is 24.0 Å². The minimum atomic E-state index is -4.60. The maximum atomic E-state index is 13.1. The Morgan fingerprint density at radius 3 is 2.52 bits per heavy atom. The van der Waals surface area contributed by atoms with Gasteiger partial charge in [0, 0.05) is 12.0 Å². The standard InChI is InChI=1S/C21H15F3N2O5/c22-21(23,24)13-2-1-3-14(9-13)26-18(27)11-20(19(26)28)10-15(25-31-20)12-4-5-16-17(8-12)30-7-6-29-16/h1-5,8-9H,6-7,10-11H2. The zero-order chi connectivity index (χ0) is 21.8. The quantitative estimate of drug-likeness (QED) is 0.681. The number of carbonyl (C=O) groups excluding carboxylic acids is 2. The highest BCUT2D eigenvalue weighted by Crippen LogP contribution is 2.41. The maximum Gasteiger partial charge on any atom is 0.416 e. The molecule has 1 saturated heterocycles. The second-order valence-corrected chi connectivity index (χ2v) is 7.42. The largest absolute Gasteiger partial charge is 0.486 e. The Balaban J connectivity index is 1.40. The lowest BCUT2D eigenvalue weighted by Gasteiger charge is -2.20. The van der Waals surface area contributed by atoms with Crippen LogP contribution in [0.15, 0.2) is 47.6 Å². The Bertz CT molecular complexity index is 1130. The number of alkyl halides is 3. The monoisotopic (exact) mass is 432 g/mol. The average Bonchev–Trinajstić information content (AvgIpc) is 3.28. The highest BCUT2D eigenvalue weighted by atomic mass is 19.4. The summed E-state index contributed by atoms with van der Waals surface area (Å²) < 4.78 is 50.2. The molecule has 10 heteroatoms. The number of anilines is 1. The molecule has 3 heterocycles. The number of imide groups is 1. The molecule has 1 spiro atoms. The van der Waals surface area contributed by atoms with E-state index >= 15 is 0 Å². The summed E-state index contributed by atoms with van der Waals surface area (Å²) in [5.41, 5.74) is -1.61. The lowest BCUT2D eigenvalue weighted by molar-refractivity contribution is -0.138. The highest BCUT2D eigenvalue weighted by Gasteiger charge is 2.58. The van der Waals surface area contributed by atoms with E-state index in [4.69, 9.17) is 14.3 Å². The fourth-order valence-corrected chi connectivity index (χ4v) is 3.86. The van der Waals surface area contributed by atoms with Crippen molar-refractivity contribution in [3.05, 3.63) is 53.6 Å². The van der Waals surface area contributed by atoms with E-state index in [2.05, 4.69) is 5.16 Å². The normalized spacial score (nSPS) is 22.7. The summed E-state index contributed by atoms with van der Waals surface area (Å²) in [6.45, 7) is 0.851. The third kappa shape index (κ3) is 3.18. The first kappa shape index (κ1) is 19.4. The van der Waals surface area contributed by atoms with Crippen molar-refractivity contribution < 1.29 is 37.1 Å². The molecule has 2 amide bonds. The van der Waals surface area contributed by atoms with Crippen molar-refractivity contribution >= 4 is 23.2 Å². The number of hydrogen-bond donors (Lipinski definition) is 0. The zero-order valence-electron chi connectivity index (χ0n) is 15.9. The summed E-state index contributed by atoms with van der Waals surface area (Å²) in [7, 11) is 0. The Morgan fingerprint density at radius 1 is 0.968 bits per heavy atom. The number of benzene rings is 2. The predicted molar refractivity (Wildman–Crippen MR) is 101 cm³/mol. The number of carbonyl (C=O) groups is 2. The number of amides is 2. The van der Waals surface area contributed by atoms with Crippen LogP contribution in [-0.2, 0) is 20.6 Å². The van der Waals surface area contributed by atoms with Crippen LogP contribution in [0.4, 0.5) is 18.9 Å². The highest BCUT2D eigenvalue weighted by molar-refractivity contribution is 6.25. The third-order valence-corrected chi connectivity index (χ3v) is 5.37. The van der Waals surface area contributed by atoms with Crippen LogP contribution in [0.3, 0.4) is 0 Å². The number of halogens is 3. The van der Waals surface area contributed by atoms with Gasteiger partial charge >= 0.3 is 6.18 Å². The second-order valence-electron chi connectivity index (χ2n) is 7.42. The van der Waals surface area contributed by atoms with Crippen LogP contribution >= 0.6 is 0 Å². The maximum absolute atomic E-state index is 13.1. The first-order valence-corrected chi connectivity index (χ1v) is 9.47. The lowest BCUT2D eigenvalue weighted by atomic mass is 9.92. The van der Waals surface area contributed by atoms with Crippen LogP contribution in [-0.4, -0.2) is 36.3 Å². The van der Waals surface area contributed by atoms with Crippen LogP contribution in [0.2, 0.25) is 0 Å². The van der Waals surface area contributed by atoms with Gasteiger partial charge in [0.2, 0.25) is 11.5 Å². The minimum absolute atomic E-state index is 0.00663. The second kappa shape index (κ2) is 6.73. The summed E-state index contributed by atoms with van der Waals surface area (Å²) in [4.78, 5) is 31.8. The van der Waals surface area contributed by atoms with Crippen molar-refractivity contribution in [3.8, 4) is 11.5 Å². The van der Waals surface area contributed by atoms with E-state index in [1.54, 1.807) is 18.2 Å². The van der Waals surface area contributed by atoms with Gasteiger partial charge in [0.1, 0.15) is 13.2 Å². The fraction of sp³-hybridized carbons (Fsp3) is 0.286. The van der Waals surface area contributed by atoms with Crippen LogP contribution in [0.25, 0.3) is 0 Å². The molecule has 1 unspecified atom stereocenters. The Hall–Kier alpha value is -3.56. The fourth-order valence-electron chi connectivity index (χ4n) is 3.86. The number of nitrogens with zero attached hydrogens (tertiary/aromatic N) is 2. The molecule has 0 aliphatic carbocycles. The molecule has 1 fully saturated rings. The van der Waals surface area contributed by atoms with Crippen molar-refractivity contribution in [2.75, 3.05) is 18.1 Å². The van der Waals surface area contributed by atoms with Gasteiger partial charge in [-0.05, 0) is 36.4 Å². The van der Waals surface area contributed by atoms with E-state index in [0.717, 1.165) is 23.1 Å². The van der Waals surface area contributed by atoms with Crippen molar-refractivity contribution in [2.45, 2.75) is 24.6 Å². The Labute approximate surface area is 174 Å². The Kier molecular flexibility index (Phi) is 4.21. The van der Waals surface area contributed by atoms with Gasteiger partial charge in [0.15, 0.2) is 11.5 Å². The first-order valence-electron chi connectivity index (χ1n) is 9.47. The van der Waals surface area contributed by atoms with Crippen LogP contribution in [0.5, 0.6) is 11.5 Å². The molecule has 5 rings (SSSR count). The van der Waals surface area contributed by atoms with Crippen molar-refractivity contribution in [1.82, 2.24) is 0 Å². The molecule has 0 N–H and O–H groups in total. The molecule has 160 valence electrons. The van der Waals surface area contributed by atoms with Crippen molar-refractivity contribution in [2.24, 2.45) is 5.16 Å². The number of ether oxygens (including phenoxy) is 2. The molecule has 0 aromatic heterocycles. The summed E-state index contributed by atoms with van der Waals surface area (Å²) in [5, 5.41) is 4.00. The summed E-state index contributed by atoms with van der Waals surface area (Å²) >= 11 is 0. The molecule has 2 aromatic rings.